The first kappa shape index (κ1) is 40.6. The summed E-state index contributed by atoms with van der Waals surface area (Å²) in [7, 11) is 1.48. The summed E-state index contributed by atoms with van der Waals surface area (Å²) in [6, 6.07) is 7.87. The van der Waals surface area contributed by atoms with Crippen molar-refractivity contribution in [3.8, 4) is 0 Å². The Morgan fingerprint density at radius 2 is 1.77 bits per heavy atom. The number of nitrogens with one attached hydrogen (secondary N) is 2. The minimum absolute atomic E-state index is 0.0350. The molecule has 0 saturated heterocycles. The van der Waals surface area contributed by atoms with Crippen LogP contribution in [0, 0.1) is 28.6 Å². The van der Waals surface area contributed by atoms with Crippen molar-refractivity contribution in [2.24, 2.45) is 28.6 Å². The number of halogens is 1. The average Bonchev–Trinajstić information content (AvgIpc) is 3.32. The number of esters is 1. The molecule has 12 nitrogen and oxygen atoms in total. The number of alkyl halides is 1. The summed E-state index contributed by atoms with van der Waals surface area (Å²) in [5.41, 5.74) is -0.630. The van der Waals surface area contributed by atoms with Crippen molar-refractivity contribution in [1.29, 1.82) is 0 Å². The van der Waals surface area contributed by atoms with Crippen molar-refractivity contribution in [2.45, 2.75) is 109 Å². The predicted molar refractivity (Wildman–Crippen MR) is 200 cm³/mol. The molecular formula is C40H56ClN3O9. The number of ketones is 1. The number of hydrogen-bond acceptors (Lipinski definition) is 10. The summed E-state index contributed by atoms with van der Waals surface area (Å²) in [6.07, 6.45) is 4.13. The Hall–Kier alpha value is -3.61. The third-order valence-corrected chi connectivity index (χ3v) is 13.3. The zero-order valence-electron chi connectivity index (χ0n) is 31.9. The molecule has 0 aromatic heterocycles. The first-order chi connectivity index (χ1) is 24.9. The molecule has 3 saturated carbocycles. The number of likely N-dealkylation sites (N-methyl/N-ethyl adjacent to an activating group) is 1. The Morgan fingerprint density at radius 3 is 2.43 bits per heavy atom. The number of allylic oxidation sites excluding steroid dienone is 2. The van der Waals surface area contributed by atoms with E-state index in [0.717, 1.165) is 16.8 Å². The van der Waals surface area contributed by atoms with E-state index < -0.39 is 70.0 Å². The molecule has 0 heterocycles. The minimum Gasteiger partial charge on any atom is -0.450 e. The van der Waals surface area contributed by atoms with Gasteiger partial charge in [0.25, 0.3) is 0 Å². The fraction of sp³-hybridized carbons (Fsp3) is 0.650. The lowest BCUT2D eigenvalue weighted by atomic mass is 9.45. The SMILES string of the molecule is CCC(=O)O[C@]1(C(=O)COC(=O)N(C)CCNC(=O)OCc2ccc(NC(C)C)cc2)[C@@H](C)CC2[C@@H]3CCC4=CC(O)C=C[C@]4(C)[C@@]3(Cl)[C@@H](O)C[C@@]21C. The Balaban J connectivity index is 1.22. The first-order valence-corrected chi connectivity index (χ1v) is 19.1. The van der Waals surface area contributed by atoms with Crippen LogP contribution < -0.4 is 10.6 Å². The molecule has 5 rings (SSSR count). The molecule has 0 radical (unpaired) electrons. The summed E-state index contributed by atoms with van der Waals surface area (Å²) in [4.78, 5) is 53.0. The summed E-state index contributed by atoms with van der Waals surface area (Å²) in [5.74, 6) is -2.00. The molecule has 3 fully saturated rings. The number of aliphatic hydroxyl groups is 2. The number of nitrogens with zero attached hydrogens (tertiary/aromatic N) is 1. The number of alkyl carbamates (subject to hydrolysis) is 1. The van der Waals surface area contributed by atoms with Crippen LogP contribution in [0.2, 0.25) is 0 Å². The van der Waals surface area contributed by atoms with Crippen LogP contribution in [0.3, 0.4) is 0 Å². The van der Waals surface area contributed by atoms with Gasteiger partial charge in [-0.25, -0.2) is 9.59 Å². The van der Waals surface area contributed by atoms with E-state index in [-0.39, 0.29) is 44.4 Å². The van der Waals surface area contributed by atoms with Gasteiger partial charge in [0.2, 0.25) is 5.78 Å². The third-order valence-electron chi connectivity index (χ3n) is 12.4. The number of anilines is 1. The molecule has 2 amide bonds. The minimum atomic E-state index is -1.67. The van der Waals surface area contributed by atoms with E-state index in [1.54, 1.807) is 13.0 Å². The molecule has 2 unspecified atom stereocenters. The maximum Gasteiger partial charge on any atom is 0.409 e. The number of hydrogen-bond donors (Lipinski definition) is 4. The standard InChI is InChI=1S/C40H56ClN3O9/c1-8-34(48)53-40(25(4)19-31-30-14-11-27-20-29(45)15-16-37(27,5)39(30,41)32(46)21-38(31,40)6)33(47)23-52-36(50)44(7)18-17-42-35(49)51-22-26-9-12-28(13-10-26)43-24(2)3/h9-10,12-13,15-16,20,24-25,29-32,43,45-46H,8,11,14,17-19,21-23H2,1-7H3,(H,42,49)/t25-,29?,30-,31?,32-,37-,38-,39-,40-/m0/s1. The van der Waals surface area contributed by atoms with E-state index in [2.05, 4.69) is 10.6 Å². The number of fused-ring (bicyclic) bond motifs is 5. The fourth-order valence-electron chi connectivity index (χ4n) is 9.76. The Morgan fingerprint density at radius 1 is 1.08 bits per heavy atom. The second kappa shape index (κ2) is 15.6. The van der Waals surface area contributed by atoms with Gasteiger partial charge in [-0.05, 0) is 69.1 Å². The zero-order valence-corrected chi connectivity index (χ0v) is 32.7. The quantitative estimate of drug-likeness (QED) is 0.0895. The molecular weight excluding hydrogens is 702 g/mol. The summed E-state index contributed by atoms with van der Waals surface area (Å²) in [5, 5.41) is 28.3. The van der Waals surface area contributed by atoms with Crippen LogP contribution in [-0.4, -0.2) is 94.5 Å². The number of carbonyl (C=O) groups excluding carboxylic acids is 4. The highest BCUT2D eigenvalue weighted by molar-refractivity contribution is 6.26. The van der Waals surface area contributed by atoms with E-state index in [1.807, 2.05) is 71.0 Å². The van der Waals surface area contributed by atoms with Gasteiger partial charge in [0.05, 0.1) is 17.1 Å². The first-order valence-electron chi connectivity index (χ1n) is 18.8. The fourth-order valence-corrected chi connectivity index (χ4v) is 10.3. The normalized spacial score (nSPS) is 34.2. The number of Topliss-reactive ketones (excluding diaryl/α,β-unsaturated/α-hetero) is 1. The number of benzene rings is 1. The molecule has 292 valence electrons. The molecule has 1 aromatic carbocycles. The van der Waals surface area contributed by atoms with Gasteiger partial charge in [0, 0.05) is 55.0 Å². The van der Waals surface area contributed by atoms with Gasteiger partial charge in [-0.2, -0.15) is 0 Å². The summed E-state index contributed by atoms with van der Waals surface area (Å²) >= 11 is 7.61. The lowest BCUT2D eigenvalue weighted by molar-refractivity contribution is -0.202. The summed E-state index contributed by atoms with van der Waals surface area (Å²) < 4.78 is 17.0. The molecule has 0 aliphatic heterocycles. The smallest absolute Gasteiger partial charge is 0.409 e. The van der Waals surface area contributed by atoms with Crippen LogP contribution in [-0.2, 0) is 30.4 Å². The third kappa shape index (κ3) is 7.31. The highest BCUT2D eigenvalue weighted by atomic mass is 35.5. The molecule has 0 spiro atoms. The molecule has 4 N–H and O–H groups in total. The maximum atomic E-state index is 14.4. The van der Waals surface area contributed by atoms with Crippen molar-refractivity contribution < 1.29 is 43.6 Å². The van der Waals surface area contributed by atoms with Gasteiger partial charge < -0.3 is 40.0 Å². The van der Waals surface area contributed by atoms with E-state index in [1.165, 1.54) is 11.9 Å². The summed E-state index contributed by atoms with van der Waals surface area (Å²) in [6.45, 7) is 11.1. The lowest BCUT2D eigenvalue weighted by Crippen LogP contribution is -2.69. The van der Waals surface area contributed by atoms with Gasteiger partial charge in [-0.3, -0.25) is 9.59 Å². The monoisotopic (exact) mass is 757 g/mol. The van der Waals surface area contributed by atoms with Gasteiger partial charge >= 0.3 is 18.2 Å². The Kier molecular flexibility index (Phi) is 12.0. The molecule has 13 heteroatoms. The van der Waals surface area contributed by atoms with Crippen molar-refractivity contribution in [1.82, 2.24) is 10.2 Å². The van der Waals surface area contributed by atoms with Crippen molar-refractivity contribution in [2.75, 3.05) is 32.1 Å². The predicted octanol–water partition coefficient (Wildman–Crippen LogP) is 5.74. The molecule has 1 aromatic rings. The van der Waals surface area contributed by atoms with E-state index in [0.29, 0.717) is 25.3 Å². The van der Waals surface area contributed by atoms with Crippen molar-refractivity contribution >= 4 is 41.2 Å². The highest BCUT2D eigenvalue weighted by Gasteiger charge is 2.76. The largest absolute Gasteiger partial charge is 0.450 e. The lowest BCUT2D eigenvalue weighted by Gasteiger charge is -2.64. The molecule has 4 aliphatic rings. The van der Waals surface area contributed by atoms with Crippen molar-refractivity contribution in [3.63, 3.8) is 0 Å². The maximum absolute atomic E-state index is 14.4. The van der Waals surface area contributed by atoms with Crippen molar-refractivity contribution in [3.05, 3.63) is 53.6 Å². The number of aliphatic hydroxyl groups excluding tert-OH is 2. The number of rotatable bonds is 12. The number of carbonyl (C=O) groups is 4. The van der Waals surface area contributed by atoms with Crippen LogP contribution >= 0.6 is 11.6 Å². The highest BCUT2D eigenvalue weighted by Crippen LogP contribution is 2.72. The molecule has 9 atom stereocenters. The van der Waals surface area contributed by atoms with Crippen LogP contribution in [0.4, 0.5) is 15.3 Å². The van der Waals surface area contributed by atoms with Gasteiger partial charge in [0.15, 0.2) is 12.2 Å². The average molecular weight is 758 g/mol. The van der Waals surface area contributed by atoms with Gasteiger partial charge in [0.1, 0.15) is 6.61 Å². The van der Waals surface area contributed by atoms with Crippen LogP contribution in [0.1, 0.15) is 79.2 Å². The second-order valence-electron chi connectivity index (χ2n) is 16.0. The number of amides is 2. The van der Waals surface area contributed by atoms with E-state index in [9.17, 15) is 29.4 Å². The Labute approximate surface area is 317 Å². The second-order valence-corrected chi connectivity index (χ2v) is 16.6. The molecule has 4 aliphatic carbocycles. The zero-order chi connectivity index (χ0) is 38.9. The van der Waals surface area contributed by atoms with E-state index >= 15 is 0 Å². The molecule has 0 bridgehead atoms. The van der Waals surface area contributed by atoms with Crippen LogP contribution in [0.5, 0.6) is 0 Å². The van der Waals surface area contributed by atoms with E-state index in [4.69, 9.17) is 25.8 Å². The topological polar surface area (TPSA) is 164 Å². The van der Waals surface area contributed by atoms with Crippen LogP contribution in [0.15, 0.2) is 48.1 Å². The van der Waals surface area contributed by atoms with Crippen LogP contribution in [0.25, 0.3) is 0 Å². The van der Waals surface area contributed by atoms with Gasteiger partial charge in [-0.1, -0.05) is 63.6 Å². The van der Waals surface area contributed by atoms with Gasteiger partial charge in [-0.15, -0.1) is 11.6 Å². The molecule has 53 heavy (non-hydrogen) atoms. The Bertz CT molecular complexity index is 1620. The number of ether oxygens (including phenoxy) is 3.